The molecule has 0 bridgehead atoms. The Hall–Kier alpha value is -2.67. The number of hydrazone groups is 1. The van der Waals surface area contributed by atoms with E-state index in [9.17, 15) is 23.1 Å². The van der Waals surface area contributed by atoms with Crippen molar-refractivity contribution in [3.63, 3.8) is 0 Å². The Kier molecular flexibility index (Phi) is 6.31. The van der Waals surface area contributed by atoms with Crippen LogP contribution in [0.2, 0.25) is 0 Å². The first-order chi connectivity index (χ1) is 14.1. The summed E-state index contributed by atoms with van der Waals surface area (Å²) in [6.45, 7) is 3.94. The van der Waals surface area contributed by atoms with Crippen LogP contribution in [0.25, 0.3) is 0 Å². The van der Waals surface area contributed by atoms with Crippen molar-refractivity contribution >= 4 is 11.6 Å². The summed E-state index contributed by atoms with van der Waals surface area (Å²) >= 11 is 0. The molecule has 1 atom stereocenters. The second kappa shape index (κ2) is 8.60. The number of carbonyl (C=O) groups is 1. The topological polar surface area (TPSA) is 52.9 Å². The first kappa shape index (κ1) is 22.0. The lowest BCUT2D eigenvalue weighted by Crippen LogP contribution is -2.43. The molecule has 3 rings (SSSR count). The Balaban J connectivity index is 1.93. The average molecular weight is 418 g/mol. The Morgan fingerprint density at radius 2 is 1.73 bits per heavy atom. The van der Waals surface area contributed by atoms with Gasteiger partial charge in [0, 0.05) is 11.1 Å². The molecule has 2 aromatic rings. The van der Waals surface area contributed by atoms with E-state index in [1.165, 1.54) is 12.1 Å². The molecule has 0 fully saturated rings. The molecule has 1 N–H and O–H groups in total. The van der Waals surface area contributed by atoms with Gasteiger partial charge in [0.15, 0.2) is 5.72 Å². The molecule has 0 saturated heterocycles. The van der Waals surface area contributed by atoms with E-state index in [2.05, 4.69) is 12.0 Å². The summed E-state index contributed by atoms with van der Waals surface area (Å²) in [5, 5.41) is 15.3. The normalized spacial score (nSPS) is 19.1. The highest BCUT2D eigenvalue weighted by atomic mass is 19.4. The quantitative estimate of drug-likeness (QED) is 0.644. The fourth-order valence-corrected chi connectivity index (χ4v) is 3.48. The van der Waals surface area contributed by atoms with Crippen LogP contribution < -0.4 is 0 Å². The summed E-state index contributed by atoms with van der Waals surface area (Å²) < 4.78 is 40.1. The van der Waals surface area contributed by atoms with Gasteiger partial charge in [0.05, 0.1) is 6.42 Å². The molecule has 0 aromatic heterocycles. The van der Waals surface area contributed by atoms with E-state index < -0.39 is 29.9 Å². The van der Waals surface area contributed by atoms with Crippen molar-refractivity contribution in [1.82, 2.24) is 5.01 Å². The average Bonchev–Trinajstić information content (AvgIpc) is 3.08. The van der Waals surface area contributed by atoms with Crippen molar-refractivity contribution in [1.29, 1.82) is 0 Å². The fraction of sp³-hybridized carbons (Fsp3) is 0.391. The van der Waals surface area contributed by atoms with Crippen molar-refractivity contribution in [2.75, 3.05) is 0 Å². The highest BCUT2D eigenvalue weighted by molar-refractivity contribution is 5.99. The van der Waals surface area contributed by atoms with Gasteiger partial charge in [0.2, 0.25) is 0 Å². The largest absolute Gasteiger partial charge is 0.431 e. The van der Waals surface area contributed by atoms with Gasteiger partial charge in [-0.2, -0.15) is 23.3 Å². The van der Waals surface area contributed by atoms with E-state index in [-0.39, 0.29) is 11.1 Å². The number of hydrogen-bond acceptors (Lipinski definition) is 3. The van der Waals surface area contributed by atoms with Gasteiger partial charge >= 0.3 is 6.18 Å². The van der Waals surface area contributed by atoms with Gasteiger partial charge in [-0.25, -0.2) is 0 Å². The predicted molar refractivity (Wildman–Crippen MR) is 109 cm³/mol. The number of halogens is 3. The van der Waals surface area contributed by atoms with E-state index >= 15 is 0 Å². The zero-order chi connectivity index (χ0) is 21.9. The summed E-state index contributed by atoms with van der Waals surface area (Å²) in [6, 6.07) is 13.1. The summed E-state index contributed by atoms with van der Waals surface area (Å²) in [5.41, 5.74) is -1.09. The lowest BCUT2D eigenvalue weighted by molar-refractivity contribution is -0.0816. The van der Waals surface area contributed by atoms with E-state index in [4.69, 9.17) is 0 Å². The molecule has 160 valence electrons. The van der Waals surface area contributed by atoms with Crippen LogP contribution in [0, 0.1) is 6.92 Å². The first-order valence-corrected chi connectivity index (χ1v) is 10.0. The number of hydrogen-bond donors (Lipinski definition) is 1. The van der Waals surface area contributed by atoms with Crippen LogP contribution in [0.5, 0.6) is 0 Å². The Bertz CT molecular complexity index is 921. The van der Waals surface area contributed by atoms with E-state index in [1.807, 2.05) is 6.92 Å². The SMILES string of the molecule is CCCCCc1ccc([C@]2(O)CC(C(F)(F)F)=NN2C(=O)c2ccc(C)cc2)cc1. The van der Waals surface area contributed by atoms with Crippen molar-refractivity contribution in [2.24, 2.45) is 5.10 Å². The van der Waals surface area contributed by atoms with E-state index in [0.717, 1.165) is 36.8 Å². The molecule has 1 aliphatic heterocycles. The number of nitrogens with zero attached hydrogens (tertiary/aromatic N) is 2. The second-order valence-corrected chi connectivity index (χ2v) is 7.67. The molecule has 4 nitrogen and oxygen atoms in total. The Labute approximate surface area is 174 Å². The molecule has 1 heterocycles. The predicted octanol–water partition coefficient (Wildman–Crippen LogP) is 5.34. The maximum absolute atomic E-state index is 13.4. The third-order valence-corrected chi connectivity index (χ3v) is 5.29. The van der Waals surface area contributed by atoms with Crippen molar-refractivity contribution in [3.05, 3.63) is 70.8 Å². The number of aryl methyl sites for hydroxylation is 2. The fourth-order valence-electron chi connectivity index (χ4n) is 3.48. The summed E-state index contributed by atoms with van der Waals surface area (Å²) in [4.78, 5) is 13.0. The Morgan fingerprint density at radius 3 is 2.30 bits per heavy atom. The van der Waals surface area contributed by atoms with Crippen LogP contribution in [0.15, 0.2) is 53.6 Å². The number of unbranched alkanes of at least 4 members (excludes halogenated alkanes) is 2. The highest BCUT2D eigenvalue weighted by Gasteiger charge is 2.53. The molecule has 1 amide bonds. The lowest BCUT2D eigenvalue weighted by atomic mass is 9.94. The number of aliphatic hydroxyl groups is 1. The number of carbonyl (C=O) groups excluding carboxylic acids is 1. The maximum Gasteiger partial charge on any atom is 0.431 e. The maximum atomic E-state index is 13.4. The number of rotatable bonds is 6. The van der Waals surface area contributed by atoms with E-state index in [0.29, 0.717) is 5.01 Å². The van der Waals surface area contributed by atoms with Gasteiger partial charge in [0.1, 0.15) is 5.71 Å². The molecule has 0 spiro atoms. The Morgan fingerprint density at radius 1 is 1.10 bits per heavy atom. The summed E-state index contributed by atoms with van der Waals surface area (Å²) in [6.07, 6.45) is -1.51. The minimum Gasteiger partial charge on any atom is -0.365 e. The first-order valence-electron chi connectivity index (χ1n) is 10.0. The molecule has 2 aromatic carbocycles. The minimum absolute atomic E-state index is 0.155. The van der Waals surface area contributed by atoms with Crippen LogP contribution >= 0.6 is 0 Å². The second-order valence-electron chi connectivity index (χ2n) is 7.67. The van der Waals surface area contributed by atoms with E-state index in [1.54, 1.807) is 36.4 Å². The molecular formula is C23H25F3N2O2. The van der Waals surface area contributed by atoms with Gasteiger partial charge < -0.3 is 5.11 Å². The molecule has 30 heavy (non-hydrogen) atoms. The minimum atomic E-state index is -4.74. The number of amides is 1. The molecule has 7 heteroatoms. The van der Waals surface area contributed by atoms with Gasteiger partial charge in [-0.3, -0.25) is 4.79 Å². The zero-order valence-corrected chi connectivity index (χ0v) is 17.0. The van der Waals surface area contributed by atoms with Crippen molar-refractivity contribution < 1.29 is 23.1 Å². The standard InChI is InChI=1S/C23H25F3N2O2/c1-3-4-5-6-17-9-13-19(14-10-17)22(30)15-20(23(24,25)26)27-28(22)21(29)18-11-7-16(2)8-12-18/h7-14,30H,3-6,15H2,1-2H3/t22-/m1/s1. The summed E-state index contributed by atoms with van der Waals surface area (Å²) in [7, 11) is 0. The number of alkyl halides is 3. The lowest BCUT2D eigenvalue weighted by Gasteiger charge is -2.31. The van der Waals surface area contributed by atoms with Crippen LogP contribution in [-0.4, -0.2) is 27.9 Å². The molecule has 0 unspecified atom stereocenters. The van der Waals surface area contributed by atoms with Crippen molar-refractivity contribution in [3.8, 4) is 0 Å². The third kappa shape index (κ3) is 4.56. The van der Waals surface area contributed by atoms with Gasteiger partial charge in [-0.05, 0) is 37.5 Å². The zero-order valence-electron chi connectivity index (χ0n) is 17.0. The van der Waals surface area contributed by atoms with Crippen LogP contribution in [0.3, 0.4) is 0 Å². The van der Waals surface area contributed by atoms with Crippen molar-refractivity contribution in [2.45, 2.75) is 57.9 Å². The molecule has 0 aliphatic carbocycles. The molecule has 1 aliphatic rings. The monoisotopic (exact) mass is 418 g/mol. The van der Waals surface area contributed by atoms with Gasteiger partial charge in [0.25, 0.3) is 5.91 Å². The van der Waals surface area contributed by atoms with Gasteiger partial charge in [-0.1, -0.05) is 61.7 Å². The van der Waals surface area contributed by atoms with Crippen LogP contribution in [0.4, 0.5) is 13.2 Å². The third-order valence-electron chi connectivity index (χ3n) is 5.29. The van der Waals surface area contributed by atoms with Gasteiger partial charge in [-0.15, -0.1) is 0 Å². The smallest absolute Gasteiger partial charge is 0.365 e. The molecule has 0 radical (unpaired) electrons. The molecule has 0 saturated carbocycles. The highest BCUT2D eigenvalue weighted by Crippen LogP contribution is 2.40. The molecular weight excluding hydrogens is 393 g/mol. The van der Waals surface area contributed by atoms with Crippen LogP contribution in [-0.2, 0) is 12.1 Å². The number of benzene rings is 2. The van der Waals surface area contributed by atoms with Crippen LogP contribution in [0.1, 0.15) is 59.7 Å². The summed E-state index contributed by atoms with van der Waals surface area (Å²) in [5.74, 6) is -0.788.